The summed E-state index contributed by atoms with van der Waals surface area (Å²) in [5, 5.41) is 13.3. The number of aryl methyl sites for hydroxylation is 1. The Balaban J connectivity index is 1.36. The fourth-order valence-electron chi connectivity index (χ4n) is 4.30. The lowest BCUT2D eigenvalue weighted by atomic mass is 9.98. The normalized spacial score (nSPS) is 16.5. The van der Waals surface area contributed by atoms with E-state index in [0.29, 0.717) is 6.54 Å². The monoisotopic (exact) mass is 417 g/mol. The number of nitrogens with zero attached hydrogens (tertiary/aromatic N) is 7. The SMILES string of the molecule is Cn1cc(-c2ccc3c(c2)C(c2cc(N4CCN(CCCO)CC4)ncn2)=NC3)cn1. The van der Waals surface area contributed by atoms with Crippen LogP contribution in [0.1, 0.15) is 23.2 Å². The van der Waals surface area contributed by atoms with Crippen molar-refractivity contribution in [1.82, 2.24) is 24.6 Å². The Labute approximate surface area is 181 Å². The first kappa shape index (κ1) is 19.8. The number of anilines is 1. The number of piperazine rings is 1. The molecule has 0 saturated carbocycles. The number of aliphatic hydroxyl groups excluding tert-OH is 1. The minimum atomic E-state index is 0.252. The van der Waals surface area contributed by atoms with Crippen molar-refractivity contribution in [2.45, 2.75) is 13.0 Å². The zero-order valence-corrected chi connectivity index (χ0v) is 17.8. The molecular weight excluding hydrogens is 390 g/mol. The Bertz CT molecular complexity index is 1100. The van der Waals surface area contributed by atoms with Gasteiger partial charge in [0.05, 0.1) is 24.1 Å². The van der Waals surface area contributed by atoms with E-state index in [-0.39, 0.29) is 6.61 Å². The molecule has 2 aromatic heterocycles. The van der Waals surface area contributed by atoms with Gasteiger partial charge in [0.2, 0.25) is 0 Å². The summed E-state index contributed by atoms with van der Waals surface area (Å²) in [4.78, 5) is 18.6. The molecule has 0 amide bonds. The largest absolute Gasteiger partial charge is 0.396 e. The van der Waals surface area contributed by atoms with Crippen molar-refractivity contribution in [3.8, 4) is 11.1 Å². The highest BCUT2D eigenvalue weighted by atomic mass is 16.3. The van der Waals surface area contributed by atoms with Crippen molar-refractivity contribution in [1.29, 1.82) is 0 Å². The smallest absolute Gasteiger partial charge is 0.132 e. The van der Waals surface area contributed by atoms with Crippen LogP contribution in [0.25, 0.3) is 11.1 Å². The average molecular weight is 418 g/mol. The van der Waals surface area contributed by atoms with E-state index in [9.17, 15) is 0 Å². The predicted molar refractivity (Wildman–Crippen MR) is 120 cm³/mol. The molecule has 0 radical (unpaired) electrons. The lowest BCUT2D eigenvalue weighted by Gasteiger charge is -2.35. The number of benzene rings is 1. The molecule has 0 unspecified atom stereocenters. The van der Waals surface area contributed by atoms with Crippen LogP contribution in [0.4, 0.5) is 5.82 Å². The molecule has 8 heteroatoms. The molecule has 0 spiro atoms. The lowest BCUT2D eigenvalue weighted by molar-refractivity contribution is 0.215. The Morgan fingerprint density at radius 1 is 1.03 bits per heavy atom. The fraction of sp³-hybridized carbons (Fsp3) is 0.391. The summed E-state index contributed by atoms with van der Waals surface area (Å²) in [7, 11) is 1.93. The number of aliphatic hydroxyl groups is 1. The van der Waals surface area contributed by atoms with Gasteiger partial charge in [-0.15, -0.1) is 0 Å². The summed E-state index contributed by atoms with van der Waals surface area (Å²) in [5.41, 5.74) is 6.40. The number of aliphatic imine (C=N–C) groups is 1. The first-order valence-corrected chi connectivity index (χ1v) is 10.8. The van der Waals surface area contributed by atoms with Gasteiger partial charge in [0.15, 0.2) is 0 Å². The van der Waals surface area contributed by atoms with Gasteiger partial charge >= 0.3 is 0 Å². The average Bonchev–Trinajstić information content (AvgIpc) is 3.44. The molecule has 1 aromatic carbocycles. The van der Waals surface area contributed by atoms with E-state index in [2.05, 4.69) is 49.1 Å². The third-order valence-electron chi connectivity index (χ3n) is 6.03. The highest BCUT2D eigenvalue weighted by molar-refractivity contribution is 6.14. The van der Waals surface area contributed by atoms with Crippen LogP contribution in [0.15, 0.2) is 48.0 Å². The van der Waals surface area contributed by atoms with Gasteiger partial charge in [-0.25, -0.2) is 9.97 Å². The molecule has 31 heavy (non-hydrogen) atoms. The maximum atomic E-state index is 9.04. The highest BCUT2D eigenvalue weighted by Crippen LogP contribution is 2.29. The molecule has 5 rings (SSSR count). The van der Waals surface area contributed by atoms with E-state index in [1.807, 2.05) is 24.1 Å². The molecule has 1 N–H and O–H groups in total. The van der Waals surface area contributed by atoms with Crippen molar-refractivity contribution in [2.75, 3.05) is 44.2 Å². The van der Waals surface area contributed by atoms with Crippen molar-refractivity contribution in [3.05, 3.63) is 59.8 Å². The molecule has 0 atom stereocenters. The molecule has 0 bridgehead atoms. The first-order chi connectivity index (χ1) is 15.2. The summed E-state index contributed by atoms with van der Waals surface area (Å²) in [6, 6.07) is 8.55. The maximum Gasteiger partial charge on any atom is 0.132 e. The molecule has 160 valence electrons. The lowest BCUT2D eigenvalue weighted by Crippen LogP contribution is -2.47. The third-order valence-corrected chi connectivity index (χ3v) is 6.03. The Kier molecular flexibility index (Phi) is 5.48. The van der Waals surface area contributed by atoms with Gasteiger partial charge in [-0.05, 0) is 23.6 Å². The van der Waals surface area contributed by atoms with E-state index >= 15 is 0 Å². The minimum absolute atomic E-state index is 0.252. The van der Waals surface area contributed by atoms with Gasteiger partial charge in [0.25, 0.3) is 0 Å². The number of rotatable bonds is 6. The molecule has 0 aliphatic carbocycles. The van der Waals surface area contributed by atoms with Crippen molar-refractivity contribution < 1.29 is 5.11 Å². The van der Waals surface area contributed by atoms with Crippen molar-refractivity contribution in [2.24, 2.45) is 12.0 Å². The van der Waals surface area contributed by atoms with Crippen LogP contribution in [0, 0.1) is 0 Å². The summed E-state index contributed by atoms with van der Waals surface area (Å²) >= 11 is 0. The third kappa shape index (κ3) is 4.08. The standard InChI is InChI=1S/C23H27N7O/c1-28-15-19(14-27-28)17-3-4-18-13-24-23(20(18)11-17)21-12-22(26-16-25-21)30-8-6-29(7-9-30)5-2-10-31/h3-4,11-12,14-16,31H,2,5-10,13H2,1H3. The molecular formula is C23H27N7O. The maximum absolute atomic E-state index is 9.04. The minimum Gasteiger partial charge on any atom is -0.396 e. The second-order valence-corrected chi connectivity index (χ2v) is 8.11. The topological polar surface area (TPSA) is 82.7 Å². The summed E-state index contributed by atoms with van der Waals surface area (Å²) in [6.07, 6.45) is 6.39. The van der Waals surface area contributed by atoms with Gasteiger partial charge in [0.1, 0.15) is 12.1 Å². The van der Waals surface area contributed by atoms with E-state index in [4.69, 9.17) is 10.1 Å². The molecule has 1 fully saturated rings. The first-order valence-electron chi connectivity index (χ1n) is 10.8. The summed E-state index contributed by atoms with van der Waals surface area (Å²) in [5.74, 6) is 0.950. The van der Waals surface area contributed by atoms with Crippen LogP contribution in [0.3, 0.4) is 0 Å². The number of fused-ring (bicyclic) bond motifs is 1. The zero-order valence-electron chi connectivity index (χ0n) is 17.8. The van der Waals surface area contributed by atoms with Crippen LogP contribution >= 0.6 is 0 Å². The predicted octanol–water partition coefficient (Wildman–Crippen LogP) is 1.73. The fourth-order valence-corrected chi connectivity index (χ4v) is 4.30. The quantitative estimate of drug-likeness (QED) is 0.658. The van der Waals surface area contributed by atoms with Gasteiger partial charge in [-0.2, -0.15) is 5.10 Å². The molecule has 4 heterocycles. The van der Waals surface area contributed by atoms with Crippen LogP contribution in [-0.4, -0.2) is 74.8 Å². The molecule has 8 nitrogen and oxygen atoms in total. The number of aromatic nitrogens is 4. The molecule has 2 aliphatic heterocycles. The number of hydrogen-bond donors (Lipinski definition) is 1. The van der Waals surface area contributed by atoms with Crippen molar-refractivity contribution in [3.63, 3.8) is 0 Å². The van der Waals surface area contributed by atoms with Gasteiger partial charge in [0, 0.05) is 69.8 Å². The van der Waals surface area contributed by atoms with E-state index in [1.54, 1.807) is 6.33 Å². The molecule has 2 aliphatic rings. The van der Waals surface area contributed by atoms with E-state index < -0.39 is 0 Å². The Morgan fingerprint density at radius 3 is 2.68 bits per heavy atom. The Hall–Kier alpha value is -3.10. The van der Waals surface area contributed by atoms with E-state index in [0.717, 1.165) is 73.1 Å². The van der Waals surface area contributed by atoms with Gasteiger partial charge < -0.3 is 10.0 Å². The van der Waals surface area contributed by atoms with Crippen LogP contribution in [0.5, 0.6) is 0 Å². The van der Waals surface area contributed by atoms with Crippen LogP contribution in [0.2, 0.25) is 0 Å². The van der Waals surface area contributed by atoms with Crippen molar-refractivity contribution >= 4 is 11.5 Å². The van der Waals surface area contributed by atoms with Crippen LogP contribution < -0.4 is 4.90 Å². The Morgan fingerprint density at radius 2 is 1.90 bits per heavy atom. The molecule has 1 saturated heterocycles. The summed E-state index contributed by atoms with van der Waals surface area (Å²) < 4.78 is 1.82. The molecule has 3 aromatic rings. The van der Waals surface area contributed by atoms with Crippen LogP contribution in [-0.2, 0) is 13.6 Å². The van der Waals surface area contributed by atoms with E-state index in [1.165, 1.54) is 5.56 Å². The van der Waals surface area contributed by atoms with Gasteiger partial charge in [-0.1, -0.05) is 12.1 Å². The number of hydrogen-bond acceptors (Lipinski definition) is 7. The summed E-state index contributed by atoms with van der Waals surface area (Å²) in [6.45, 7) is 5.70. The second kappa shape index (κ2) is 8.56. The van der Waals surface area contributed by atoms with Gasteiger partial charge in [-0.3, -0.25) is 14.6 Å². The second-order valence-electron chi connectivity index (χ2n) is 8.11. The highest BCUT2D eigenvalue weighted by Gasteiger charge is 2.22. The zero-order chi connectivity index (χ0) is 21.2.